The van der Waals surface area contributed by atoms with Crippen LogP contribution in [0.1, 0.15) is 31.2 Å². The highest BCUT2D eigenvalue weighted by atomic mass is 32.2. The van der Waals surface area contributed by atoms with Gasteiger partial charge in [-0.1, -0.05) is 0 Å². The monoisotopic (exact) mass is 487 g/mol. The standard InChI is InChI=1S/C25H33N3O5S/c1-32-24-11-10-23(34(30,31)28-15-17-33-18-16-28)19-20(24)5-12-25(29)26-21-6-8-22(9-7-21)27-13-3-2-4-14-27/h6-11,19H,2-5,12-18H2,1H3,(H,26,29). The number of nitrogens with zero attached hydrogens (tertiary/aromatic N) is 2. The predicted octanol–water partition coefficient (Wildman–Crippen LogP) is 3.28. The molecule has 2 aliphatic rings. The third-order valence-electron chi connectivity index (χ3n) is 6.35. The second-order valence-corrected chi connectivity index (χ2v) is 10.6. The van der Waals surface area contributed by atoms with E-state index < -0.39 is 10.0 Å². The molecule has 2 saturated heterocycles. The molecule has 184 valence electrons. The van der Waals surface area contributed by atoms with Crippen molar-refractivity contribution in [1.82, 2.24) is 4.31 Å². The maximum Gasteiger partial charge on any atom is 0.243 e. The van der Waals surface area contributed by atoms with Crippen LogP contribution in [-0.4, -0.2) is 65.1 Å². The van der Waals surface area contributed by atoms with E-state index in [1.807, 2.05) is 24.3 Å². The number of benzene rings is 2. The molecule has 0 radical (unpaired) electrons. The summed E-state index contributed by atoms with van der Waals surface area (Å²) in [6, 6.07) is 12.8. The number of aryl methyl sites for hydroxylation is 1. The van der Waals surface area contributed by atoms with Gasteiger partial charge in [-0.2, -0.15) is 4.31 Å². The lowest BCUT2D eigenvalue weighted by atomic mass is 10.1. The fourth-order valence-electron chi connectivity index (χ4n) is 4.43. The Bertz CT molecular complexity index is 1080. The number of sulfonamides is 1. The first-order chi connectivity index (χ1) is 16.5. The van der Waals surface area contributed by atoms with Crippen LogP contribution in [0.3, 0.4) is 0 Å². The largest absolute Gasteiger partial charge is 0.496 e. The van der Waals surface area contributed by atoms with Gasteiger partial charge in [0.25, 0.3) is 0 Å². The second kappa shape index (κ2) is 11.2. The second-order valence-electron chi connectivity index (χ2n) is 8.63. The molecule has 1 amide bonds. The Labute approximate surface area is 201 Å². The van der Waals surface area contributed by atoms with Gasteiger partial charge in [0.15, 0.2) is 0 Å². The first-order valence-corrected chi connectivity index (χ1v) is 13.3. The Kier molecular flexibility index (Phi) is 8.07. The van der Waals surface area contributed by atoms with E-state index in [0.29, 0.717) is 44.0 Å². The van der Waals surface area contributed by atoms with Crippen LogP contribution in [0.25, 0.3) is 0 Å². The van der Waals surface area contributed by atoms with Crippen molar-refractivity contribution in [2.75, 3.05) is 56.7 Å². The molecule has 0 unspecified atom stereocenters. The molecular formula is C25H33N3O5S. The zero-order chi connectivity index (χ0) is 24.0. The van der Waals surface area contributed by atoms with Crippen molar-refractivity contribution < 1.29 is 22.7 Å². The van der Waals surface area contributed by atoms with Crippen molar-refractivity contribution in [1.29, 1.82) is 0 Å². The number of carbonyl (C=O) groups excluding carboxylic acids is 1. The highest BCUT2D eigenvalue weighted by molar-refractivity contribution is 7.89. The van der Waals surface area contributed by atoms with E-state index in [2.05, 4.69) is 10.2 Å². The first kappa shape index (κ1) is 24.5. The summed E-state index contributed by atoms with van der Waals surface area (Å²) in [6.45, 7) is 3.61. The lowest BCUT2D eigenvalue weighted by molar-refractivity contribution is -0.116. The molecule has 0 spiro atoms. The average Bonchev–Trinajstić information content (AvgIpc) is 2.88. The Morgan fingerprint density at radius 2 is 1.71 bits per heavy atom. The smallest absolute Gasteiger partial charge is 0.243 e. The number of methoxy groups -OCH3 is 1. The fraction of sp³-hybridized carbons (Fsp3) is 0.480. The van der Waals surface area contributed by atoms with Crippen LogP contribution in [0, 0.1) is 0 Å². The van der Waals surface area contributed by atoms with Crippen molar-refractivity contribution in [3.63, 3.8) is 0 Å². The van der Waals surface area contributed by atoms with Crippen LogP contribution >= 0.6 is 0 Å². The molecule has 2 heterocycles. The van der Waals surface area contributed by atoms with Crippen molar-refractivity contribution in [3.8, 4) is 5.75 Å². The average molecular weight is 488 g/mol. The molecule has 0 bridgehead atoms. The van der Waals surface area contributed by atoms with Gasteiger partial charge < -0.3 is 19.7 Å². The van der Waals surface area contributed by atoms with E-state index in [4.69, 9.17) is 9.47 Å². The molecule has 2 fully saturated rings. The Balaban J connectivity index is 1.38. The normalized spacial score (nSPS) is 17.4. The van der Waals surface area contributed by atoms with Gasteiger partial charge >= 0.3 is 0 Å². The highest BCUT2D eigenvalue weighted by Gasteiger charge is 2.27. The van der Waals surface area contributed by atoms with Crippen LogP contribution in [-0.2, 0) is 26.0 Å². The molecule has 2 aromatic rings. The molecular weight excluding hydrogens is 454 g/mol. The number of piperidine rings is 1. The number of hydrogen-bond donors (Lipinski definition) is 1. The molecule has 34 heavy (non-hydrogen) atoms. The van der Waals surface area contributed by atoms with Gasteiger partial charge in [-0.3, -0.25) is 4.79 Å². The molecule has 1 N–H and O–H groups in total. The van der Waals surface area contributed by atoms with Gasteiger partial charge in [0.2, 0.25) is 15.9 Å². The summed E-state index contributed by atoms with van der Waals surface area (Å²) >= 11 is 0. The molecule has 0 aromatic heterocycles. The maximum absolute atomic E-state index is 13.0. The summed E-state index contributed by atoms with van der Waals surface area (Å²) in [5.74, 6) is 0.439. The van der Waals surface area contributed by atoms with Crippen molar-refractivity contribution in [2.45, 2.75) is 37.0 Å². The molecule has 4 rings (SSSR count). The topological polar surface area (TPSA) is 88.2 Å². The van der Waals surface area contributed by atoms with Gasteiger partial charge in [-0.15, -0.1) is 0 Å². The third kappa shape index (κ3) is 5.89. The predicted molar refractivity (Wildman–Crippen MR) is 132 cm³/mol. The first-order valence-electron chi connectivity index (χ1n) is 11.9. The number of anilines is 2. The highest BCUT2D eigenvalue weighted by Crippen LogP contribution is 2.27. The van der Waals surface area contributed by atoms with Gasteiger partial charge in [-0.05, 0) is 73.7 Å². The zero-order valence-corrected chi connectivity index (χ0v) is 20.5. The minimum absolute atomic E-state index is 0.130. The molecule has 8 nitrogen and oxygen atoms in total. The van der Waals surface area contributed by atoms with Crippen molar-refractivity contribution >= 4 is 27.3 Å². The van der Waals surface area contributed by atoms with Gasteiger partial charge in [0, 0.05) is 44.0 Å². The zero-order valence-electron chi connectivity index (χ0n) is 19.7. The number of amides is 1. The summed E-state index contributed by atoms with van der Waals surface area (Å²) in [5.41, 5.74) is 2.62. The maximum atomic E-state index is 13.0. The van der Waals surface area contributed by atoms with Crippen LogP contribution in [0.2, 0.25) is 0 Å². The SMILES string of the molecule is COc1ccc(S(=O)(=O)N2CCOCC2)cc1CCC(=O)Nc1ccc(N2CCCCC2)cc1. The molecule has 2 aromatic carbocycles. The molecule has 9 heteroatoms. The number of ether oxygens (including phenoxy) is 2. The Morgan fingerprint density at radius 3 is 2.38 bits per heavy atom. The van der Waals surface area contributed by atoms with Crippen LogP contribution in [0.15, 0.2) is 47.4 Å². The Hall–Kier alpha value is -2.62. The lowest BCUT2D eigenvalue weighted by Crippen LogP contribution is -2.40. The molecule has 2 aliphatic heterocycles. The number of rotatable bonds is 8. The summed E-state index contributed by atoms with van der Waals surface area (Å²) in [6.07, 6.45) is 4.31. The molecule has 0 atom stereocenters. The summed E-state index contributed by atoms with van der Waals surface area (Å²) < 4.78 is 38.1. The quantitative estimate of drug-likeness (QED) is 0.615. The number of morpholine rings is 1. The number of hydrogen-bond acceptors (Lipinski definition) is 6. The van der Waals surface area contributed by atoms with Crippen molar-refractivity contribution in [2.24, 2.45) is 0 Å². The van der Waals surface area contributed by atoms with Gasteiger partial charge in [0.1, 0.15) is 5.75 Å². The minimum Gasteiger partial charge on any atom is -0.496 e. The van der Waals surface area contributed by atoms with Crippen LogP contribution in [0.4, 0.5) is 11.4 Å². The summed E-state index contributed by atoms with van der Waals surface area (Å²) in [7, 11) is -2.08. The van der Waals surface area contributed by atoms with Gasteiger partial charge in [-0.25, -0.2) is 8.42 Å². The van der Waals surface area contributed by atoms with Crippen LogP contribution in [0.5, 0.6) is 5.75 Å². The number of nitrogens with one attached hydrogen (secondary N) is 1. The Morgan fingerprint density at radius 1 is 1.00 bits per heavy atom. The summed E-state index contributed by atoms with van der Waals surface area (Å²) in [4.78, 5) is 15.2. The third-order valence-corrected chi connectivity index (χ3v) is 8.25. The fourth-order valence-corrected chi connectivity index (χ4v) is 5.89. The van der Waals surface area contributed by atoms with E-state index in [1.165, 1.54) is 29.3 Å². The minimum atomic E-state index is -3.62. The van der Waals surface area contributed by atoms with E-state index in [0.717, 1.165) is 18.8 Å². The molecule has 0 aliphatic carbocycles. The van der Waals surface area contributed by atoms with E-state index in [9.17, 15) is 13.2 Å². The van der Waals surface area contributed by atoms with E-state index >= 15 is 0 Å². The van der Waals surface area contributed by atoms with Crippen molar-refractivity contribution in [3.05, 3.63) is 48.0 Å². The summed E-state index contributed by atoms with van der Waals surface area (Å²) in [5, 5.41) is 2.94. The lowest BCUT2D eigenvalue weighted by Gasteiger charge is -2.28. The molecule has 0 saturated carbocycles. The van der Waals surface area contributed by atoms with E-state index in [-0.39, 0.29) is 17.2 Å². The van der Waals surface area contributed by atoms with Gasteiger partial charge in [0.05, 0.1) is 25.2 Å². The van der Waals surface area contributed by atoms with E-state index in [1.54, 1.807) is 25.3 Å². The number of carbonyl (C=O) groups is 1. The van der Waals surface area contributed by atoms with Crippen LogP contribution < -0.4 is 15.0 Å².